The average Bonchev–Trinajstić information content (AvgIpc) is 3.47. The van der Waals surface area contributed by atoms with Crippen LogP contribution in [0.25, 0.3) is 33.1 Å². The summed E-state index contributed by atoms with van der Waals surface area (Å²) in [5.41, 5.74) is 17.1. The molecule has 1 unspecified atom stereocenters. The second kappa shape index (κ2) is 11.8. The first-order valence-corrected chi connectivity index (χ1v) is 14.6. The van der Waals surface area contributed by atoms with Crippen molar-refractivity contribution in [2.75, 3.05) is 10.6 Å². The minimum absolute atomic E-state index is 0.349. The summed E-state index contributed by atoms with van der Waals surface area (Å²) in [6.07, 6.45) is 0. The highest BCUT2D eigenvalue weighted by Crippen LogP contribution is 2.41. The molecule has 1 heterocycles. The van der Waals surface area contributed by atoms with E-state index in [1.54, 1.807) is 6.07 Å². The van der Waals surface area contributed by atoms with Gasteiger partial charge in [0.05, 0.1) is 23.4 Å². The van der Waals surface area contributed by atoms with E-state index >= 15 is 0 Å². The minimum Gasteiger partial charge on any atom is -0.454 e. The van der Waals surface area contributed by atoms with Crippen molar-refractivity contribution in [1.82, 2.24) is 0 Å². The van der Waals surface area contributed by atoms with E-state index in [1.165, 1.54) is 0 Å². The van der Waals surface area contributed by atoms with Crippen LogP contribution in [0.2, 0.25) is 0 Å². The summed E-state index contributed by atoms with van der Waals surface area (Å²) in [5, 5.41) is 18.7. The molecule has 5 heteroatoms. The van der Waals surface area contributed by atoms with Crippen molar-refractivity contribution in [3.05, 3.63) is 162 Å². The van der Waals surface area contributed by atoms with Crippen molar-refractivity contribution in [2.45, 2.75) is 12.6 Å². The third-order valence-corrected chi connectivity index (χ3v) is 8.01. The number of anilines is 3. The lowest BCUT2D eigenvalue weighted by Crippen LogP contribution is -2.14. The van der Waals surface area contributed by atoms with Crippen molar-refractivity contribution in [1.29, 1.82) is 5.26 Å². The molecule has 0 aliphatic carbocycles. The molecule has 4 N–H and O–H groups in total. The Morgan fingerprint density at radius 3 is 2.34 bits per heavy atom. The van der Waals surface area contributed by atoms with E-state index in [0.29, 0.717) is 12.1 Å². The molecule has 7 aromatic rings. The Kier molecular flexibility index (Phi) is 7.25. The monoisotopic (exact) mass is 570 g/mol. The Labute approximate surface area is 256 Å². The summed E-state index contributed by atoms with van der Waals surface area (Å²) in [4.78, 5) is 0. The first-order valence-electron chi connectivity index (χ1n) is 14.6. The molecular weight excluding hydrogens is 540 g/mol. The molecule has 0 amide bonds. The van der Waals surface area contributed by atoms with E-state index in [-0.39, 0.29) is 6.04 Å². The third kappa shape index (κ3) is 5.27. The normalized spacial score (nSPS) is 11.7. The quantitative estimate of drug-likeness (QED) is 0.169. The molecule has 0 aliphatic heterocycles. The van der Waals surface area contributed by atoms with Gasteiger partial charge in [0.2, 0.25) is 0 Å². The average molecular weight is 571 g/mol. The van der Waals surface area contributed by atoms with Crippen molar-refractivity contribution < 1.29 is 4.42 Å². The zero-order valence-corrected chi connectivity index (χ0v) is 24.0. The SMILES string of the molecule is N#Cc1cccc(C(N)c2ccccc2NCc2ccc(Nc3c(-c4ccccc4)ccc4c3oc3ccccc34)cc2)c1. The van der Waals surface area contributed by atoms with Gasteiger partial charge < -0.3 is 20.8 Å². The fraction of sp³-hybridized carbons (Fsp3) is 0.0513. The highest BCUT2D eigenvalue weighted by atomic mass is 16.3. The van der Waals surface area contributed by atoms with Gasteiger partial charge in [0.15, 0.2) is 5.58 Å². The molecule has 1 aromatic heterocycles. The van der Waals surface area contributed by atoms with Gasteiger partial charge in [-0.15, -0.1) is 0 Å². The number of hydrogen-bond donors (Lipinski definition) is 3. The lowest BCUT2D eigenvalue weighted by Gasteiger charge is -2.18. The highest BCUT2D eigenvalue weighted by Gasteiger charge is 2.17. The number of para-hydroxylation sites is 2. The van der Waals surface area contributed by atoms with Crippen molar-refractivity contribution in [2.24, 2.45) is 5.73 Å². The molecule has 0 saturated heterocycles. The maximum Gasteiger partial charge on any atom is 0.159 e. The van der Waals surface area contributed by atoms with Crippen molar-refractivity contribution >= 4 is 39.0 Å². The van der Waals surface area contributed by atoms with Crippen LogP contribution in [0.4, 0.5) is 17.1 Å². The summed E-state index contributed by atoms with van der Waals surface area (Å²) >= 11 is 0. The number of nitrogens with zero attached hydrogens (tertiary/aromatic N) is 1. The van der Waals surface area contributed by atoms with Crippen LogP contribution in [0.3, 0.4) is 0 Å². The standard InChI is InChI=1S/C39H30N4O/c40-24-27-9-8-12-29(23-27)37(41)34-14-4-6-15-35(34)42-25-26-17-19-30(20-18-26)43-38-31(28-10-2-1-3-11-28)21-22-33-32-13-5-7-16-36(32)44-39(33)38/h1-23,37,42-43H,25,41H2. The Balaban J connectivity index is 1.14. The Morgan fingerprint density at radius 2 is 1.50 bits per heavy atom. The molecule has 6 aromatic carbocycles. The van der Waals surface area contributed by atoms with E-state index in [4.69, 9.17) is 10.2 Å². The van der Waals surface area contributed by atoms with Crippen molar-refractivity contribution in [3.8, 4) is 17.2 Å². The Hall–Kier alpha value is -5.83. The Morgan fingerprint density at radius 1 is 0.727 bits per heavy atom. The molecule has 0 bridgehead atoms. The van der Waals surface area contributed by atoms with Gasteiger partial charge in [0.1, 0.15) is 5.58 Å². The first kappa shape index (κ1) is 27.0. The highest BCUT2D eigenvalue weighted by molar-refractivity contribution is 6.12. The summed E-state index contributed by atoms with van der Waals surface area (Å²) in [6, 6.07) is 48.7. The van der Waals surface area contributed by atoms with E-state index < -0.39 is 0 Å². The number of furan rings is 1. The summed E-state index contributed by atoms with van der Waals surface area (Å²) < 4.78 is 6.41. The molecule has 0 saturated carbocycles. The molecule has 44 heavy (non-hydrogen) atoms. The van der Waals surface area contributed by atoms with Gasteiger partial charge in [-0.3, -0.25) is 0 Å². The van der Waals surface area contributed by atoms with E-state index in [9.17, 15) is 5.26 Å². The van der Waals surface area contributed by atoms with Crippen LogP contribution in [-0.4, -0.2) is 0 Å². The first-order chi connectivity index (χ1) is 21.7. The maximum atomic E-state index is 9.31. The van der Waals surface area contributed by atoms with Gasteiger partial charge in [-0.2, -0.15) is 5.26 Å². The zero-order chi connectivity index (χ0) is 29.9. The van der Waals surface area contributed by atoms with Crippen LogP contribution < -0.4 is 16.4 Å². The maximum absolute atomic E-state index is 9.31. The molecule has 5 nitrogen and oxygen atoms in total. The van der Waals surface area contributed by atoms with Crippen LogP contribution in [0, 0.1) is 11.3 Å². The molecule has 0 fully saturated rings. The summed E-state index contributed by atoms with van der Waals surface area (Å²) in [7, 11) is 0. The van der Waals surface area contributed by atoms with Crippen LogP contribution in [0.1, 0.15) is 28.3 Å². The number of rotatable bonds is 8. The smallest absolute Gasteiger partial charge is 0.159 e. The molecule has 212 valence electrons. The zero-order valence-electron chi connectivity index (χ0n) is 24.0. The number of fused-ring (bicyclic) bond motifs is 3. The van der Waals surface area contributed by atoms with Gasteiger partial charge in [-0.25, -0.2) is 0 Å². The van der Waals surface area contributed by atoms with Crippen LogP contribution in [0.5, 0.6) is 0 Å². The van der Waals surface area contributed by atoms with Crippen molar-refractivity contribution in [3.63, 3.8) is 0 Å². The second-order valence-corrected chi connectivity index (χ2v) is 10.8. The summed E-state index contributed by atoms with van der Waals surface area (Å²) in [6.45, 7) is 0.636. The molecule has 1 atom stereocenters. The lowest BCUT2D eigenvalue weighted by molar-refractivity contribution is 0.670. The molecule has 0 aliphatic rings. The van der Waals surface area contributed by atoms with E-state index in [1.807, 2.05) is 66.7 Å². The van der Waals surface area contributed by atoms with Gasteiger partial charge in [0.25, 0.3) is 0 Å². The Bertz CT molecular complexity index is 2120. The molecule has 0 spiro atoms. The largest absolute Gasteiger partial charge is 0.454 e. The number of nitrogens with two attached hydrogens (primary N) is 1. The fourth-order valence-electron chi connectivity index (χ4n) is 5.73. The number of benzene rings is 6. The minimum atomic E-state index is -0.349. The lowest BCUT2D eigenvalue weighted by atomic mass is 9.96. The number of nitrogens with one attached hydrogen (secondary N) is 2. The molecule has 0 radical (unpaired) electrons. The van der Waals surface area contributed by atoms with Crippen LogP contribution in [-0.2, 0) is 6.54 Å². The van der Waals surface area contributed by atoms with E-state index in [0.717, 1.165) is 66.8 Å². The van der Waals surface area contributed by atoms with Crippen LogP contribution >= 0.6 is 0 Å². The topological polar surface area (TPSA) is 87.0 Å². The second-order valence-electron chi connectivity index (χ2n) is 10.8. The molecular formula is C39H30N4O. The third-order valence-electron chi connectivity index (χ3n) is 8.01. The molecule has 7 rings (SSSR count). The number of hydrogen-bond acceptors (Lipinski definition) is 5. The predicted molar refractivity (Wildman–Crippen MR) is 180 cm³/mol. The fourth-order valence-corrected chi connectivity index (χ4v) is 5.73. The van der Waals surface area contributed by atoms with Crippen LogP contribution in [0.15, 0.2) is 144 Å². The number of nitriles is 1. The summed E-state index contributed by atoms with van der Waals surface area (Å²) in [5.74, 6) is 0. The van der Waals surface area contributed by atoms with Gasteiger partial charge >= 0.3 is 0 Å². The van der Waals surface area contributed by atoms with Gasteiger partial charge in [-0.1, -0.05) is 97.1 Å². The van der Waals surface area contributed by atoms with E-state index in [2.05, 4.69) is 83.4 Å². The predicted octanol–water partition coefficient (Wildman–Crippen LogP) is 9.53. The van der Waals surface area contributed by atoms with Gasteiger partial charge in [-0.05, 0) is 64.7 Å². The van der Waals surface area contributed by atoms with Gasteiger partial charge in [0, 0.05) is 34.3 Å².